The Hall–Kier alpha value is -0.820. The van der Waals surface area contributed by atoms with Crippen molar-refractivity contribution in [3.05, 3.63) is 29.8 Å². The fourth-order valence-corrected chi connectivity index (χ4v) is 2.49. The topological polar surface area (TPSA) is 76.0 Å². The van der Waals surface area contributed by atoms with Gasteiger partial charge in [-0.05, 0) is 17.7 Å². The van der Waals surface area contributed by atoms with Crippen LogP contribution in [0, 0.1) is 0 Å². The van der Waals surface area contributed by atoms with E-state index in [-0.39, 0.29) is 11.0 Å². The van der Waals surface area contributed by atoms with Crippen molar-refractivity contribution in [2.24, 2.45) is 4.99 Å². The first kappa shape index (κ1) is 17.2. The fraction of sp³-hybridized carbons (Fsp3) is 0.417. The normalized spacial score (nSPS) is 18.1. The average molecular weight is 340 g/mol. The van der Waals surface area contributed by atoms with Crippen LogP contribution in [0.25, 0.3) is 0 Å². The number of aliphatic imine (C=N–C) groups is 1. The van der Waals surface area contributed by atoms with E-state index in [9.17, 15) is 8.42 Å². The average Bonchev–Trinajstić information content (AvgIpc) is 2.90. The van der Waals surface area contributed by atoms with Gasteiger partial charge in [0.2, 0.25) is 5.90 Å². The van der Waals surface area contributed by atoms with Crippen LogP contribution in [0.1, 0.15) is 11.7 Å². The van der Waals surface area contributed by atoms with E-state index in [1.54, 1.807) is 24.3 Å². The molecule has 0 bridgehead atoms. The van der Waals surface area contributed by atoms with Crippen molar-refractivity contribution >= 4 is 38.9 Å². The number of alkyl halides is 2. The second kappa shape index (κ2) is 7.26. The van der Waals surface area contributed by atoms with E-state index in [2.05, 4.69) is 4.99 Å². The Morgan fingerprint density at radius 1 is 1.30 bits per heavy atom. The van der Waals surface area contributed by atoms with E-state index >= 15 is 0 Å². The summed E-state index contributed by atoms with van der Waals surface area (Å²) in [5.74, 6) is 0.301. The maximum absolute atomic E-state index is 11.3. The van der Waals surface area contributed by atoms with E-state index in [1.165, 1.54) is 6.26 Å². The van der Waals surface area contributed by atoms with Gasteiger partial charge in [-0.2, -0.15) is 0 Å². The molecule has 1 heterocycles. The lowest BCUT2D eigenvalue weighted by Crippen LogP contribution is -2.11. The molecule has 1 N–H and O–H groups in total. The predicted octanol–water partition coefficient (Wildman–Crippen LogP) is 1.97. The third kappa shape index (κ3) is 4.34. The van der Waals surface area contributed by atoms with Crippen LogP contribution < -0.4 is 0 Å². The molecule has 112 valence electrons. The molecule has 1 aliphatic heterocycles. The summed E-state index contributed by atoms with van der Waals surface area (Å²) in [4.78, 5) is 3.58. The Labute approximate surface area is 128 Å². The van der Waals surface area contributed by atoms with Crippen LogP contribution in [-0.4, -0.2) is 44.2 Å². The molecule has 1 aliphatic rings. The lowest BCUT2D eigenvalue weighted by Gasteiger charge is -2.12. The number of rotatable bonds is 3. The summed E-state index contributed by atoms with van der Waals surface area (Å²) < 4.78 is 28.1. The second-order valence-electron chi connectivity index (χ2n) is 3.93. The lowest BCUT2D eigenvalue weighted by molar-refractivity contribution is 0.227. The fourth-order valence-electron chi connectivity index (χ4n) is 1.62. The van der Waals surface area contributed by atoms with Gasteiger partial charge >= 0.3 is 0 Å². The zero-order chi connectivity index (χ0) is 15.3. The van der Waals surface area contributed by atoms with Gasteiger partial charge in [-0.25, -0.2) is 13.4 Å². The number of ether oxygens (including phenoxy) is 1. The third-order valence-electron chi connectivity index (χ3n) is 2.54. The number of halogens is 2. The van der Waals surface area contributed by atoms with Crippen LogP contribution in [0.5, 0.6) is 0 Å². The minimum Gasteiger partial charge on any atom is -0.469 e. The van der Waals surface area contributed by atoms with E-state index in [0.29, 0.717) is 12.4 Å². The Kier molecular flexibility index (Phi) is 6.26. The van der Waals surface area contributed by atoms with Crippen LogP contribution in [0.3, 0.4) is 0 Å². The minimum absolute atomic E-state index is 0.256. The van der Waals surface area contributed by atoms with Crippen molar-refractivity contribution < 1.29 is 18.3 Å². The van der Waals surface area contributed by atoms with Gasteiger partial charge in [0.1, 0.15) is 6.10 Å². The van der Waals surface area contributed by atoms with Gasteiger partial charge in [-0.15, -0.1) is 0 Å². The summed E-state index contributed by atoms with van der Waals surface area (Å²) in [6.45, 7) is 0.434. The molecule has 0 saturated heterocycles. The molecule has 0 spiro atoms. The quantitative estimate of drug-likeness (QED) is 0.854. The molecule has 0 saturated carbocycles. The van der Waals surface area contributed by atoms with Gasteiger partial charge in [0.15, 0.2) is 14.7 Å². The summed E-state index contributed by atoms with van der Waals surface area (Å²) in [6, 6.07) is 6.50. The first-order valence-electron chi connectivity index (χ1n) is 5.62. The van der Waals surface area contributed by atoms with Gasteiger partial charge in [-0.1, -0.05) is 35.3 Å². The van der Waals surface area contributed by atoms with Crippen molar-refractivity contribution in [1.29, 1.82) is 0 Å². The molecule has 0 fully saturated rings. The monoisotopic (exact) mass is 339 g/mol. The van der Waals surface area contributed by atoms with Crippen molar-refractivity contribution in [2.45, 2.75) is 15.8 Å². The summed E-state index contributed by atoms with van der Waals surface area (Å²) in [5.41, 5.74) is 0.843. The molecular weight excluding hydrogens is 325 g/mol. The predicted molar refractivity (Wildman–Crippen MR) is 79.3 cm³/mol. The van der Waals surface area contributed by atoms with E-state index in [4.69, 9.17) is 33.0 Å². The maximum Gasteiger partial charge on any atom is 0.218 e. The molecule has 0 radical (unpaired) electrons. The van der Waals surface area contributed by atoms with Crippen molar-refractivity contribution in [2.75, 3.05) is 19.9 Å². The van der Waals surface area contributed by atoms with Gasteiger partial charge in [0, 0.05) is 13.4 Å². The molecule has 0 amide bonds. The molecule has 1 unspecified atom stereocenters. The molecule has 8 heteroatoms. The second-order valence-corrected chi connectivity index (χ2v) is 7.04. The maximum atomic E-state index is 11.3. The summed E-state index contributed by atoms with van der Waals surface area (Å²) in [5, 5.41) is 7.00. The van der Waals surface area contributed by atoms with Crippen molar-refractivity contribution in [3.63, 3.8) is 0 Å². The number of nitrogens with zero attached hydrogens (tertiary/aromatic N) is 1. The largest absolute Gasteiger partial charge is 0.469 e. The summed E-state index contributed by atoms with van der Waals surface area (Å²) >= 11 is 11.3. The number of benzene rings is 1. The number of sulfone groups is 1. The summed E-state index contributed by atoms with van der Waals surface area (Å²) in [6.07, 6.45) is 0.912. The van der Waals surface area contributed by atoms with Gasteiger partial charge < -0.3 is 9.84 Å². The van der Waals surface area contributed by atoms with Crippen LogP contribution in [0.15, 0.2) is 34.2 Å². The van der Waals surface area contributed by atoms with Gasteiger partial charge in [0.25, 0.3) is 0 Å². The van der Waals surface area contributed by atoms with E-state index in [0.717, 1.165) is 12.7 Å². The van der Waals surface area contributed by atoms with Crippen molar-refractivity contribution in [1.82, 2.24) is 0 Å². The van der Waals surface area contributed by atoms with Crippen LogP contribution in [-0.2, 0) is 14.6 Å². The highest BCUT2D eigenvalue weighted by molar-refractivity contribution is 7.90. The number of hydrogen-bond acceptors (Lipinski definition) is 5. The molecule has 5 nitrogen and oxygen atoms in total. The minimum atomic E-state index is -3.18. The van der Waals surface area contributed by atoms with Crippen LogP contribution in [0.4, 0.5) is 0 Å². The molecular formula is C12H15Cl2NO4S. The smallest absolute Gasteiger partial charge is 0.218 e. The molecule has 0 aliphatic carbocycles. The van der Waals surface area contributed by atoms with Crippen LogP contribution in [0.2, 0.25) is 0 Å². The first-order valence-corrected chi connectivity index (χ1v) is 8.38. The third-order valence-corrected chi connectivity index (χ3v) is 4.04. The molecule has 2 rings (SSSR count). The van der Waals surface area contributed by atoms with E-state index < -0.39 is 14.7 Å². The van der Waals surface area contributed by atoms with E-state index in [1.807, 2.05) is 0 Å². The summed E-state index contributed by atoms with van der Waals surface area (Å²) in [7, 11) is -2.18. The highest BCUT2D eigenvalue weighted by Crippen LogP contribution is 2.26. The molecule has 0 aromatic heterocycles. The Morgan fingerprint density at radius 2 is 1.85 bits per heavy atom. The Morgan fingerprint density at radius 3 is 2.25 bits per heavy atom. The zero-order valence-electron chi connectivity index (χ0n) is 11.0. The van der Waals surface area contributed by atoms with Gasteiger partial charge in [-0.3, -0.25) is 0 Å². The lowest BCUT2D eigenvalue weighted by atomic mass is 10.1. The van der Waals surface area contributed by atoms with Gasteiger partial charge in [0.05, 0.1) is 11.4 Å². The molecule has 1 atom stereocenters. The van der Waals surface area contributed by atoms with Crippen LogP contribution >= 0.6 is 23.2 Å². The molecule has 20 heavy (non-hydrogen) atoms. The Balaban J connectivity index is 0.000000956. The standard InChI is InChI=1S/C11H11Cl2NO3S.CH4O/c1-18(15,16)8-4-2-7(3-5-8)9-6-14-11(17-9)10(12)13;1-2/h2-5,9-10H,6H2,1H3;2H,1H3. The number of aliphatic hydroxyl groups is 1. The number of hydrogen-bond donors (Lipinski definition) is 1. The number of aliphatic hydroxyl groups excluding tert-OH is 1. The first-order chi connectivity index (χ1) is 9.38. The highest BCUT2D eigenvalue weighted by Gasteiger charge is 2.25. The Bertz CT molecular complexity index is 570. The molecule has 1 aromatic carbocycles. The molecule has 1 aromatic rings. The highest BCUT2D eigenvalue weighted by atomic mass is 35.5. The zero-order valence-corrected chi connectivity index (χ0v) is 13.3. The SMILES string of the molecule is CO.CS(=O)(=O)c1ccc(C2CN=C(C(Cl)Cl)O2)cc1. The van der Waals surface area contributed by atoms with Crippen molar-refractivity contribution in [3.8, 4) is 0 Å².